The number of hydrogen-bond donors (Lipinski definition) is 0. The smallest absolute Gasteiger partial charge is 0.298 e. The number of benzene rings is 1. The van der Waals surface area contributed by atoms with Crippen molar-refractivity contribution in [3.63, 3.8) is 0 Å². The van der Waals surface area contributed by atoms with Crippen LogP contribution in [0.4, 0.5) is 5.13 Å². The van der Waals surface area contributed by atoms with Gasteiger partial charge in [-0.15, -0.1) is 0 Å². The van der Waals surface area contributed by atoms with Crippen molar-refractivity contribution < 1.29 is 19.0 Å². The Labute approximate surface area is 172 Å². The number of thiazole rings is 1. The number of halogens is 1. The topological polar surface area (TPSA) is 64.1 Å². The first-order valence-electron chi connectivity index (χ1n) is 9.25. The Balaban J connectivity index is 1.63. The summed E-state index contributed by atoms with van der Waals surface area (Å²) < 4.78 is 17.1. The Morgan fingerprint density at radius 3 is 2.82 bits per heavy atom. The largest absolute Gasteiger partial charge is 0.494 e. The molecule has 0 radical (unpaired) electrons. The van der Waals surface area contributed by atoms with Crippen molar-refractivity contribution in [2.75, 3.05) is 57.5 Å². The Morgan fingerprint density at radius 1 is 1.29 bits per heavy atom. The molecule has 0 saturated carbocycles. The van der Waals surface area contributed by atoms with Crippen molar-refractivity contribution in [3.05, 3.63) is 34.7 Å². The monoisotopic (exact) mass is 423 g/mol. The van der Waals surface area contributed by atoms with Crippen molar-refractivity contribution >= 4 is 44.2 Å². The van der Waals surface area contributed by atoms with E-state index in [9.17, 15) is 4.79 Å². The number of aromatic nitrogens is 1. The fourth-order valence-corrected chi connectivity index (χ4v) is 4.51. The second kappa shape index (κ2) is 8.65. The third kappa shape index (κ3) is 4.10. The number of carbonyl (C=O) groups is 1. The van der Waals surface area contributed by atoms with Crippen LogP contribution in [-0.4, -0.2) is 68.4 Å². The van der Waals surface area contributed by atoms with Crippen molar-refractivity contribution in [1.82, 2.24) is 9.88 Å². The van der Waals surface area contributed by atoms with Crippen molar-refractivity contribution in [1.29, 1.82) is 0 Å². The number of rotatable bonds is 5. The van der Waals surface area contributed by atoms with Gasteiger partial charge in [0.2, 0.25) is 5.76 Å². The summed E-state index contributed by atoms with van der Waals surface area (Å²) in [5.41, 5.74) is 1.85. The number of carbonyl (C=O) groups excluding carboxylic acids is 1. The molecule has 2 aliphatic heterocycles. The maximum Gasteiger partial charge on any atom is 0.298 e. The predicted octanol–water partition coefficient (Wildman–Crippen LogP) is 2.81. The predicted molar refractivity (Wildman–Crippen MR) is 109 cm³/mol. The van der Waals surface area contributed by atoms with E-state index < -0.39 is 0 Å². The van der Waals surface area contributed by atoms with Crippen LogP contribution in [0.3, 0.4) is 0 Å². The number of nitrogens with zero attached hydrogens (tertiary/aromatic N) is 3. The van der Waals surface area contributed by atoms with E-state index in [1.54, 1.807) is 4.90 Å². The fraction of sp³-hybridized carbons (Fsp3) is 0.474. The third-order valence-corrected chi connectivity index (χ3v) is 6.30. The fourth-order valence-electron chi connectivity index (χ4n) is 3.17. The van der Waals surface area contributed by atoms with E-state index in [-0.39, 0.29) is 11.7 Å². The summed E-state index contributed by atoms with van der Waals surface area (Å²) in [6.07, 6.45) is 1.39. The number of fused-ring (bicyclic) bond motifs is 1. The molecule has 0 unspecified atom stereocenters. The zero-order valence-corrected chi connectivity index (χ0v) is 17.2. The summed E-state index contributed by atoms with van der Waals surface area (Å²) in [6.45, 7) is 7.16. The minimum Gasteiger partial charge on any atom is -0.494 e. The highest BCUT2D eigenvalue weighted by Gasteiger charge is 2.27. The molecule has 2 aliphatic rings. The van der Waals surface area contributed by atoms with Gasteiger partial charge in [0.25, 0.3) is 5.91 Å². The molecule has 1 aromatic carbocycles. The SMILES string of the molecule is Cc1ccc(Cl)c2sc(N(CCN3CCOCC3)C(=O)C3=COCCO3)nc12. The molecule has 0 aliphatic carbocycles. The quantitative estimate of drug-likeness (QED) is 0.736. The van der Waals surface area contributed by atoms with Gasteiger partial charge in [0.05, 0.1) is 28.5 Å². The molecular weight excluding hydrogens is 402 g/mol. The molecule has 0 atom stereocenters. The molecule has 7 nitrogen and oxygen atoms in total. The summed E-state index contributed by atoms with van der Waals surface area (Å²) in [5, 5.41) is 1.25. The number of ether oxygens (including phenoxy) is 3. The minimum absolute atomic E-state index is 0.204. The molecule has 9 heteroatoms. The first-order chi connectivity index (χ1) is 13.6. The molecule has 1 saturated heterocycles. The molecule has 3 heterocycles. The normalized spacial score (nSPS) is 17.7. The highest BCUT2D eigenvalue weighted by Crippen LogP contribution is 2.36. The Bertz CT molecular complexity index is 856. The van der Waals surface area contributed by atoms with Crippen molar-refractivity contribution in [3.8, 4) is 0 Å². The van der Waals surface area contributed by atoms with E-state index in [0.717, 1.165) is 35.4 Å². The van der Waals surface area contributed by atoms with Crippen molar-refractivity contribution in [2.45, 2.75) is 6.92 Å². The zero-order valence-electron chi connectivity index (χ0n) is 15.6. The number of morpholine rings is 1. The minimum atomic E-state index is -0.249. The molecular formula is C19H22ClN3O4S. The number of aryl methyl sites for hydroxylation is 1. The highest BCUT2D eigenvalue weighted by atomic mass is 35.5. The maximum atomic E-state index is 13.2. The number of amides is 1. The van der Waals surface area contributed by atoms with Gasteiger partial charge < -0.3 is 14.2 Å². The summed E-state index contributed by atoms with van der Waals surface area (Å²) in [4.78, 5) is 21.8. The average molecular weight is 424 g/mol. The molecule has 0 bridgehead atoms. The van der Waals surface area contributed by atoms with Gasteiger partial charge in [-0.05, 0) is 18.6 Å². The van der Waals surface area contributed by atoms with E-state index in [4.69, 9.17) is 30.8 Å². The van der Waals surface area contributed by atoms with Crippen LogP contribution in [0.25, 0.3) is 10.2 Å². The van der Waals surface area contributed by atoms with E-state index >= 15 is 0 Å². The van der Waals surface area contributed by atoms with Gasteiger partial charge in [-0.1, -0.05) is 29.0 Å². The molecule has 0 N–H and O–H groups in total. The lowest BCUT2D eigenvalue weighted by molar-refractivity contribution is -0.119. The van der Waals surface area contributed by atoms with Crippen LogP contribution in [0.1, 0.15) is 5.56 Å². The summed E-state index contributed by atoms with van der Waals surface area (Å²) in [5.74, 6) is -0.0453. The number of anilines is 1. The molecule has 4 rings (SSSR count). The van der Waals surface area contributed by atoms with Gasteiger partial charge in [0, 0.05) is 26.2 Å². The van der Waals surface area contributed by atoms with Gasteiger partial charge in [-0.25, -0.2) is 4.98 Å². The van der Waals surface area contributed by atoms with E-state index in [0.29, 0.717) is 43.1 Å². The van der Waals surface area contributed by atoms with Gasteiger partial charge in [-0.2, -0.15) is 0 Å². The van der Waals surface area contributed by atoms with Crippen LogP contribution < -0.4 is 4.90 Å². The lowest BCUT2D eigenvalue weighted by Gasteiger charge is -2.29. The second-order valence-electron chi connectivity index (χ2n) is 6.65. The lowest BCUT2D eigenvalue weighted by atomic mass is 10.2. The summed E-state index contributed by atoms with van der Waals surface area (Å²) >= 11 is 7.78. The number of hydrogen-bond acceptors (Lipinski definition) is 7. The molecule has 0 spiro atoms. The van der Waals surface area contributed by atoms with Gasteiger partial charge >= 0.3 is 0 Å². The molecule has 28 heavy (non-hydrogen) atoms. The molecule has 1 fully saturated rings. The van der Waals surface area contributed by atoms with Crippen LogP contribution in [0.5, 0.6) is 0 Å². The van der Waals surface area contributed by atoms with Crippen molar-refractivity contribution in [2.24, 2.45) is 0 Å². The van der Waals surface area contributed by atoms with E-state index in [1.165, 1.54) is 17.6 Å². The maximum absolute atomic E-state index is 13.2. The first-order valence-corrected chi connectivity index (χ1v) is 10.4. The zero-order chi connectivity index (χ0) is 19.5. The Morgan fingerprint density at radius 2 is 2.11 bits per heavy atom. The molecule has 1 amide bonds. The standard InChI is InChI=1S/C19H22ClN3O4S/c1-13-2-3-14(20)17-16(13)21-19(28-17)23(5-4-22-6-8-25-9-7-22)18(24)15-12-26-10-11-27-15/h2-3,12H,4-11H2,1H3. The Kier molecular flexibility index (Phi) is 6.01. The average Bonchev–Trinajstić information content (AvgIpc) is 3.19. The summed E-state index contributed by atoms with van der Waals surface area (Å²) in [7, 11) is 0. The molecule has 1 aromatic heterocycles. The molecule has 2 aromatic rings. The van der Waals surface area contributed by atoms with Crippen LogP contribution >= 0.6 is 22.9 Å². The van der Waals surface area contributed by atoms with Gasteiger partial charge in [0.15, 0.2) is 5.13 Å². The summed E-state index contributed by atoms with van der Waals surface area (Å²) in [6, 6.07) is 3.80. The van der Waals surface area contributed by atoms with E-state index in [1.807, 2.05) is 19.1 Å². The van der Waals surface area contributed by atoms with Crippen LogP contribution in [-0.2, 0) is 19.0 Å². The highest BCUT2D eigenvalue weighted by molar-refractivity contribution is 7.23. The molecule has 150 valence electrons. The van der Waals surface area contributed by atoms with E-state index in [2.05, 4.69) is 4.90 Å². The third-order valence-electron chi connectivity index (χ3n) is 4.77. The first kappa shape index (κ1) is 19.4. The Hall–Kier alpha value is -1.87. The van der Waals surface area contributed by atoms with Crippen LogP contribution in [0.2, 0.25) is 5.02 Å². The van der Waals surface area contributed by atoms with Gasteiger partial charge in [-0.3, -0.25) is 14.6 Å². The van der Waals surface area contributed by atoms with Crippen LogP contribution in [0.15, 0.2) is 24.2 Å². The second-order valence-corrected chi connectivity index (χ2v) is 8.04. The van der Waals surface area contributed by atoms with Crippen LogP contribution in [0, 0.1) is 6.92 Å². The van der Waals surface area contributed by atoms with Gasteiger partial charge in [0.1, 0.15) is 19.5 Å². The lowest BCUT2D eigenvalue weighted by Crippen LogP contribution is -2.44.